The number of hydrazine groups is 1. The lowest BCUT2D eigenvalue weighted by molar-refractivity contribution is -0.118. The van der Waals surface area contributed by atoms with Crippen LogP contribution in [-0.2, 0) is 10.2 Å². The minimum atomic E-state index is -0.377. The van der Waals surface area contributed by atoms with Crippen LogP contribution in [0.5, 0.6) is 11.6 Å². The summed E-state index contributed by atoms with van der Waals surface area (Å²) >= 11 is 0. The molecule has 3 heterocycles. The number of hydrogen-bond donors (Lipinski definition) is 4. The van der Waals surface area contributed by atoms with Crippen LogP contribution in [0.3, 0.4) is 0 Å². The van der Waals surface area contributed by atoms with Crippen LogP contribution >= 0.6 is 0 Å². The van der Waals surface area contributed by atoms with Crippen LogP contribution in [0.4, 0.5) is 11.5 Å². The molecule has 2 aromatic rings. The van der Waals surface area contributed by atoms with Gasteiger partial charge >= 0.3 is 0 Å². The van der Waals surface area contributed by atoms with Gasteiger partial charge in [0.05, 0.1) is 25.8 Å². The molecule has 168 valence electrons. The second kappa shape index (κ2) is 7.31. The molecule has 4 aliphatic rings. The van der Waals surface area contributed by atoms with Crippen LogP contribution in [0.1, 0.15) is 31.2 Å². The number of aromatic nitrogens is 2. The molecule has 4 N–H and O–H groups in total. The molecule has 2 aliphatic heterocycles. The Labute approximate surface area is 186 Å². The summed E-state index contributed by atoms with van der Waals surface area (Å²) in [5.74, 6) is 3.42. The maximum Gasteiger partial charge on any atom is 0.257 e. The first-order valence-electron chi connectivity index (χ1n) is 11.3. The van der Waals surface area contributed by atoms with Crippen molar-refractivity contribution in [2.24, 2.45) is 17.8 Å². The van der Waals surface area contributed by atoms with E-state index in [0.29, 0.717) is 35.5 Å². The Kier molecular flexibility index (Phi) is 4.51. The lowest BCUT2D eigenvalue weighted by Gasteiger charge is -2.34. The minimum Gasteiger partial charge on any atom is -0.497 e. The third kappa shape index (κ3) is 2.87. The Morgan fingerprint density at radius 3 is 2.84 bits per heavy atom. The summed E-state index contributed by atoms with van der Waals surface area (Å²) < 4.78 is 10.8. The molecule has 6 atom stereocenters. The average molecular weight is 437 g/mol. The van der Waals surface area contributed by atoms with Gasteiger partial charge in [-0.05, 0) is 61.3 Å². The molecule has 4 unspecified atom stereocenters. The van der Waals surface area contributed by atoms with Crippen molar-refractivity contribution in [3.63, 3.8) is 0 Å². The van der Waals surface area contributed by atoms with Crippen LogP contribution in [0.15, 0.2) is 30.6 Å². The SMILES string of the molecule is COc1ccc2c(c1)[C@]1(C[C@H]1C1CCC3C(C1)NNC3Nc1nccnc1OC)C(=O)N2. The maximum absolute atomic E-state index is 13.0. The summed E-state index contributed by atoms with van der Waals surface area (Å²) in [6.45, 7) is 0. The van der Waals surface area contributed by atoms with Gasteiger partial charge in [0, 0.05) is 30.0 Å². The standard InChI is InChI=1S/C23H28N6O3/c1-31-13-4-6-17-15(10-13)23(22(30)26-17)11-16(23)12-3-5-14-18(9-12)28-29-19(14)27-20-21(32-2)25-8-7-24-20/h4,6-8,10,12,14,16,18-19,28-29H,3,5,9,11H2,1-2H3,(H,24,27)(H,26,30)/t12?,14?,16-,18?,19?,23-/m0/s1. The van der Waals surface area contributed by atoms with E-state index < -0.39 is 0 Å². The molecule has 32 heavy (non-hydrogen) atoms. The Morgan fingerprint density at radius 2 is 2.00 bits per heavy atom. The zero-order chi connectivity index (χ0) is 21.9. The fraction of sp³-hybridized carbons (Fsp3) is 0.522. The fourth-order valence-electron chi connectivity index (χ4n) is 6.24. The van der Waals surface area contributed by atoms with E-state index in [2.05, 4.69) is 31.5 Å². The van der Waals surface area contributed by atoms with E-state index in [1.54, 1.807) is 26.6 Å². The van der Waals surface area contributed by atoms with E-state index >= 15 is 0 Å². The van der Waals surface area contributed by atoms with Gasteiger partial charge < -0.3 is 20.1 Å². The van der Waals surface area contributed by atoms with Crippen molar-refractivity contribution in [3.05, 3.63) is 36.2 Å². The van der Waals surface area contributed by atoms with E-state index in [1.807, 2.05) is 18.2 Å². The molecule has 2 aliphatic carbocycles. The molecule has 1 aromatic heterocycles. The average Bonchev–Trinajstić information content (AvgIpc) is 3.38. The molecule has 2 saturated carbocycles. The van der Waals surface area contributed by atoms with Crippen molar-refractivity contribution in [2.75, 3.05) is 24.9 Å². The quantitative estimate of drug-likeness (QED) is 0.564. The van der Waals surface area contributed by atoms with Crippen molar-refractivity contribution in [1.82, 2.24) is 20.8 Å². The number of benzene rings is 1. The molecule has 1 saturated heterocycles. The summed E-state index contributed by atoms with van der Waals surface area (Å²) in [6.07, 6.45) is 7.50. The van der Waals surface area contributed by atoms with Crippen molar-refractivity contribution in [1.29, 1.82) is 0 Å². The van der Waals surface area contributed by atoms with Gasteiger partial charge in [-0.1, -0.05) is 0 Å². The minimum absolute atomic E-state index is 0.0551. The van der Waals surface area contributed by atoms with E-state index in [0.717, 1.165) is 42.7 Å². The first-order chi connectivity index (χ1) is 15.6. The number of nitrogens with one attached hydrogen (secondary N) is 4. The number of hydrogen-bond acceptors (Lipinski definition) is 8. The molecule has 1 aromatic carbocycles. The molecule has 0 bridgehead atoms. The van der Waals surface area contributed by atoms with Crippen molar-refractivity contribution < 1.29 is 14.3 Å². The Hall–Kier alpha value is -2.91. The molecule has 6 rings (SSSR count). The lowest BCUT2D eigenvalue weighted by atomic mass is 9.74. The largest absolute Gasteiger partial charge is 0.497 e. The van der Waals surface area contributed by atoms with Crippen LogP contribution in [0.2, 0.25) is 0 Å². The van der Waals surface area contributed by atoms with Crippen LogP contribution in [0.25, 0.3) is 0 Å². The third-order valence-corrected chi connectivity index (χ3v) is 7.89. The highest BCUT2D eigenvalue weighted by Gasteiger charge is 2.67. The number of ether oxygens (including phenoxy) is 2. The summed E-state index contributed by atoms with van der Waals surface area (Å²) in [6, 6.07) is 6.27. The molecule has 3 fully saturated rings. The predicted molar refractivity (Wildman–Crippen MR) is 118 cm³/mol. The fourth-order valence-corrected chi connectivity index (χ4v) is 6.24. The second-order valence-corrected chi connectivity index (χ2v) is 9.32. The number of carbonyl (C=O) groups is 1. The summed E-state index contributed by atoms with van der Waals surface area (Å²) in [7, 11) is 3.27. The van der Waals surface area contributed by atoms with Gasteiger partial charge in [-0.15, -0.1) is 0 Å². The van der Waals surface area contributed by atoms with E-state index in [9.17, 15) is 4.79 Å². The highest BCUT2D eigenvalue weighted by molar-refractivity contribution is 6.09. The normalized spacial score (nSPS) is 34.6. The highest BCUT2D eigenvalue weighted by Crippen LogP contribution is 2.65. The molecular weight excluding hydrogens is 408 g/mol. The summed E-state index contributed by atoms with van der Waals surface area (Å²) in [5.41, 5.74) is 8.56. The first kappa shape index (κ1) is 19.8. The van der Waals surface area contributed by atoms with Crippen LogP contribution < -0.4 is 31.0 Å². The van der Waals surface area contributed by atoms with Gasteiger partial charge in [-0.2, -0.15) is 0 Å². The number of anilines is 2. The van der Waals surface area contributed by atoms with E-state index in [1.165, 1.54) is 0 Å². The monoisotopic (exact) mass is 436 g/mol. The number of fused-ring (bicyclic) bond motifs is 3. The van der Waals surface area contributed by atoms with Gasteiger partial charge in [-0.25, -0.2) is 15.4 Å². The topological polar surface area (TPSA) is 109 Å². The molecule has 0 radical (unpaired) electrons. The smallest absolute Gasteiger partial charge is 0.257 e. The third-order valence-electron chi connectivity index (χ3n) is 7.89. The Balaban J connectivity index is 1.16. The zero-order valence-corrected chi connectivity index (χ0v) is 18.2. The number of amides is 1. The number of methoxy groups -OCH3 is 2. The maximum atomic E-state index is 13.0. The van der Waals surface area contributed by atoms with E-state index in [4.69, 9.17) is 9.47 Å². The number of carbonyl (C=O) groups excluding carboxylic acids is 1. The molecular formula is C23H28N6O3. The number of nitrogens with zero attached hydrogens (tertiary/aromatic N) is 2. The van der Waals surface area contributed by atoms with Gasteiger partial charge in [0.2, 0.25) is 5.91 Å². The first-order valence-corrected chi connectivity index (χ1v) is 11.3. The van der Waals surface area contributed by atoms with Crippen LogP contribution in [0, 0.1) is 17.8 Å². The van der Waals surface area contributed by atoms with Gasteiger partial charge in [-0.3, -0.25) is 10.2 Å². The van der Waals surface area contributed by atoms with E-state index in [-0.39, 0.29) is 17.5 Å². The molecule has 9 nitrogen and oxygen atoms in total. The van der Waals surface area contributed by atoms with Gasteiger partial charge in [0.15, 0.2) is 5.82 Å². The predicted octanol–water partition coefficient (Wildman–Crippen LogP) is 2.03. The second-order valence-electron chi connectivity index (χ2n) is 9.32. The van der Waals surface area contributed by atoms with Gasteiger partial charge in [0.1, 0.15) is 5.75 Å². The molecule has 1 spiro atoms. The summed E-state index contributed by atoms with van der Waals surface area (Å²) in [4.78, 5) is 21.6. The zero-order valence-electron chi connectivity index (χ0n) is 18.2. The Morgan fingerprint density at radius 1 is 1.12 bits per heavy atom. The van der Waals surface area contributed by atoms with Crippen molar-refractivity contribution in [3.8, 4) is 11.6 Å². The highest BCUT2D eigenvalue weighted by atomic mass is 16.5. The Bertz CT molecular complexity index is 1060. The molecule has 1 amide bonds. The summed E-state index contributed by atoms with van der Waals surface area (Å²) in [5, 5.41) is 6.56. The molecule has 9 heteroatoms. The van der Waals surface area contributed by atoms with Crippen LogP contribution in [-0.4, -0.2) is 42.3 Å². The van der Waals surface area contributed by atoms with Crippen molar-refractivity contribution >= 4 is 17.4 Å². The van der Waals surface area contributed by atoms with Crippen molar-refractivity contribution in [2.45, 2.75) is 43.3 Å². The lowest BCUT2D eigenvalue weighted by Crippen LogP contribution is -2.39. The van der Waals surface area contributed by atoms with Gasteiger partial charge in [0.25, 0.3) is 5.88 Å². The number of rotatable bonds is 5.